The molecule has 0 saturated carbocycles. The quantitative estimate of drug-likeness (QED) is 0.927. The highest BCUT2D eigenvalue weighted by Crippen LogP contribution is 2.26. The summed E-state index contributed by atoms with van der Waals surface area (Å²) in [4.78, 5) is 2.25. The van der Waals surface area contributed by atoms with Gasteiger partial charge in [-0.05, 0) is 44.0 Å². The Morgan fingerprint density at radius 1 is 1.38 bits per heavy atom. The van der Waals surface area contributed by atoms with Gasteiger partial charge >= 0.3 is 6.36 Å². The fourth-order valence-electron chi connectivity index (χ4n) is 2.88. The summed E-state index contributed by atoms with van der Waals surface area (Å²) >= 11 is 0. The second kappa shape index (κ2) is 6.66. The van der Waals surface area contributed by atoms with E-state index in [1.807, 2.05) is 13.0 Å². The number of piperidine rings is 1. The first-order chi connectivity index (χ1) is 9.85. The lowest BCUT2D eigenvalue weighted by Gasteiger charge is -2.38. The molecular weight excluding hydrogens is 281 g/mol. The van der Waals surface area contributed by atoms with Crippen molar-refractivity contribution in [3.63, 3.8) is 0 Å². The minimum absolute atomic E-state index is 0.0555. The number of benzene rings is 1. The maximum Gasteiger partial charge on any atom is 0.573 e. The van der Waals surface area contributed by atoms with Crippen molar-refractivity contribution in [2.24, 2.45) is 5.73 Å². The van der Waals surface area contributed by atoms with Crippen LogP contribution in [0.4, 0.5) is 13.2 Å². The van der Waals surface area contributed by atoms with Gasteiger partial charge in [0.1, 0.15) is 5.75 Å². The van der Waals surface area contributed by atoms with Crippen molar-refractivity contribution in [3.8, 4) is 5.75 Å². The smallest absolute Gasteiger partial charge is 0.406 e. The van der Waals surface area contributed by atoms with Gasteiger partial charge in [-0.1, -0.05) is 18.6 Å². The van der Waals surface area contributed by atoms with Gasteiger partial charge in [0.15, 0.2) is 0 Å². The van der Waals surface area contributed by atoms with Gasteiger partial charge in [0, 0.05) is 18.6 Å². The maximum atomic E-state index is 12.3. The average Bonchev–Trinajstić information content (AvgIpc) is 2.37. The standard InChI is InChI=1S/C15H21F3N2O/c1-11(19)14-7-2-3-8-20(14)10-12-5-4-6-13(9-12)21-15(16,17)18/h4-6,9,11,14H,2-3,7-8,10,19H2,1H3. The third kappa shape index (κ3) is 4.89. The summed E-state index contributed by atoms with van der Waals surface area (Å²) in [5, 5.41) is 0. The Bertz CT molecular complexity index is 462. The van der Waals surface area contributed by atoms with E-state index in [1.54, 1.807) is 6.07 Å². The van der Waals surface area contributed by atoms with Gasteiger partial charge < -0.3 is 10.5 Å². The molecular formula is C15H21F3N2O. The molecule has 118 valence electrons. The van der Waals surface area contributed by atoms with Gasteiger partial charge in [-0.25, -0.2) is 0 Å². The highest BCUT2D eigenvalue weighted by molar-refractivity contribution is 5.28. The van der Waals surface area contributed by atoms with Crippen LogP contribution in [0.5, 0.6) is 5.75 Å². The van der Waals surface area contributed by atoms with Gasteiger partial charge in [-0.2, -0.15) is 0 Å². The van der Waals surface area contributed by atoms with Crippen molar-refractivity contribution < 1.29 is 17.9 Å². The summed E-state index contributed by atoms with van der Waals surface area (Å²) in [5.74, 6) is -0.172. The zero-order chi connectivity index (χ0) is 15.5. The number of likely N-dealkylation sites (tertiary alicyclic amines) is 1. The van der Waals surface area contributed by atoms with Crippen molar-refractivity contribution in [3.05, 3.63) is 29.8 Å². The molecule has 1 heterocycles. The molecule has 1 aliphatic rings. The highest BCUT2D eigenvalue weighted by atomic mass is 19.4. The monoisotopic (exact) mass is 302 g/mol. The lowest BCUT2D eigenvalue weighted by atomic mass is 9.96. The number of hydrogen-bond acceptors (Lipinski definition) is 3. The van der Waals surface area contributed by atoms with E-state index in [0.29, 0.717) is 6.54 Å². The third-order valence-electron chi connectivity index (χ3n) is 3.79. The lowest BCUT2D eigenvalue weighted by Crippen LogP contribution is -2.48. The summed E-state index contributed by atoms with van der Waals surface area (Å²) in [5.41, 5.74) is 6.82. The first kappa shape index (κ1) is 16.1. The summed E-state index contributed by atoms with van der Waals surface area (Å²) in [6.07, 6.45) is -1.36. The van der Waals surface area contributed by atoms with Crippen LogP contribution in [0.1, 0.15) is 31.7 Å². The van der Waals surface area contributed by atoms with E-state index in [4.69, 9.17) is 5.73 Å². The molecule has 6 heteroatoms. The Labute approximate surface area is 122 Å². The van der Waals surface area contributed by atoms with Gasteiger partial charge in [0.05, 0.1) is 0 Å². The molecule has 0 radical (unpaired) electrons. The van der Waals surface area contributed by atoms with Crippen molar-refractivity contribution in [1.29, 1.82) is 0 Å². The Hall–Kier alpha value is -1.27. The SMILES string of the molecule is CC(N)C1CCCCN1Cc1cccc(OC(F)(F)F)c1. The highest BCUT2D eigenvalue weighted by Gasteiger charge is 2.31. The summed E-state index contributed by atoms with van der Waals surface area (Å²) in [6.45, 7) is 3.50. The Morgan fingerprint density at radius 3 is 2.81 bits per heavy atom. The Balaban J connectivity index is 2.06. The van der Waals surface area contributed by atoms with E-state index in [1.165, 1.54) is 12.1 Å². The van der Waals surface area contributed by atoms with E-state index in [2.05, 4.69) is 9.64 Å². The molecule has 2 N–H and O–H groups in total. The van der Waals surface area contributed by atoms with E-state index in [-0.39, 0.29) is 17.8 Å². The number of alkyl halides is 3. The van der Waals surface area contributed by atoms with Crippen LogP contribution in [0, 0.1) is 0 Å². The Morgan fingerprint density at radius 2 is 2.14 bits per heavy atom. The minimum Gasteiger partial charge on any atom is -0.406 e. The van der Waals surface area contributed by atoms with Crippen LogP contribution in [0.25, 0.3) is 0 Å². The van der Waals surface area contributed by atoms with E-state index >= 15 is 0 Å². The topological polar surface area (TPSA) is 38.5 Å². The van der Waals surface area contributed by atoms with Crippen molar-refractivity contribution in [2.75, 3.05) is 6.54 Å². The molecule has 0 amide bonds. The third-order valence-corrected chi connectivity index (χ3v) is 3.79. The molecule has 2 unspecified atom stereocenters. The van der Waals surface area contributed by atoms with Crippen LogP contribution in [0.2, 0.25) is 0 Å². The summed E-state index contributed by atoms with van der Waals surface area (Å²) in [6, 6.07) is 6.50. The van der Waals surface area contributed by atoms with E-state index < -0.39 is 6.36 Å². The number of ether oxygens (including phenoxy) is 1. The molecule has 0 aromatic heterocycles. The van der Waals surface area contributed by atoms with Crippen molar-refractivity contribution in [1.82, 2.24) is 4.90 Å². The minimum atomic E-state index is -4.65. The molecule has 1 aromatic carbocycles. The number of nitrogens with zero attached hydrogens (tertiary/aromatic N) is 1. The number of rotatable bonds is 4. The fraction of sp³-hybridized carbons (Fsp3) is 0.600. The first-order valence-electron chi connectivity index (χ1n) is 7.19. The molecule has 2 atom stereocenters. The molecule has 0 bridgehead atoms. The van der Waals surface area contributed by atoms with Crippen molar-refractivity contribution >= 4 is 0 Å². The largest absolute Gasteiger partial charge is 0.573 e. The van der Waals surface area contributed by atoms with Gasteiger partial charge in [-0.15, -0.1) is 13.2 Å². The second-order valence-electron chi connectivity index (χ2n) is 5.59. The molecule has 3 nitrogen and oxygen atoms in total. The summed E-state index contributed by atoms with van der Waals surface area (Å²) in [7, 11) is 0. The molecule has 0 spiro atoms. The van der Waals surface area contributed by atoms with Crippen LogP contribution >= 0.6 is 0 Å². The Kier molecular flexibility index (Phi) is 5.11. The first-order valence-corrected chi connectivity index (χ1v) is 7.19. The van der Waals surface area contributed by atoms with Gasteiger partial charge in [-0.3, -0.25) is 4.90 Å². The molecule has 21 heavy (non-hydrogen) atoms. The normalized spacial score (nSPS) is 22.0. The average molecular weight is 302 g/mol. The van der Waals surface area contributed by atoms with E-state index in [9.17, 15) is 13.2 Å². The van der Waals surface area contributed by atoms with Crippen LogP contribution in [-0.4, -0.2) is 29.9 Å². The van der Waals surface area contributed by atoms with Crippen LogP contribution in [0.15, 0.2) is 24.3 Å². The zero-order valence-electron chi connectivity index (χ0n) is 12.1. The number of halogens is 3. The zero-order valence-corrected chi connectivity index (χ0v) is 12.1. The van der Waals surface area contributed by atoms with Crippen LogP contribution < -0.4 is 10.5 Å². The van der Waals surface area contributed by atoms with Gasteiger partial charge in [0.2, 0.25) is 0 Å². The van der Waals surface area contributed by atoms with Crippen LogP contribution in [-0.2, 0) is 6.54 Å². The van der Waals surface area contributed by atoms with Gasteiger partial charge in [0.25, 0.3) is 0 Å². The molecule has 1 aliphatic heterocycles. The predicted molar refractivity (Wildman–Crippen MR) is 74.8 cm³/mol. The van der Waals surface area contributed by atoms with Crippen molar-refractivity contribution in [2.45, 2.75) is 51.2 Å². The molecule has 1 fully saturated rings. The predicted octanol–water partition coefficient (Wildman–Crippen LogP) is 3.29. The number of hydrogen-bond donors (Lipinski definition) is 1. The number of nitrogens with two attached hydrogens (primary N) is 1. The molecule has 0 aliphatic carbocycles. The van der Waals surface area contributed by atoms with E-state index in [0.717, 1.165) is 31.4 Å². The lowest BCUT2D eigenvalue weighted by molar-refractivity contribution is -0.274. The fourth-order valence-corrected chi connectivity index (χ4v) is 2.88. The van der Waals surface area contributed by atoms with Crippen LogP contribution in [0.3, 0.4) is 0 Å². The summed E-state index contributed by atoms with van der Waals surface area (Å²) < 4.78 is 40.7. The molecule has 1 saturated heterocycles. The molecule has 2 rings (SSSR count). The maximum absolute atomic E-state index is 12.3. The molecule has 1 aromatic rings. The second-order valence-corrected chi connectivity index (χ2v) is 5.59.